The fourth-order valence-corrected chi connectivity index (χ4v) is 4.15. The van der Waals surface area contributed by atoms with Crippen LogP contribution in [0.3, 0.4) is 0 Å². The highest BCUT2D eigenvalue weighted by Gasteiger charge is 2.27. The molecule has 1 unspecified atom stereocenters. The van der Waals surface area contributed by atoms with Gasteiger partial charge < -0.3 is 14.2 Å². The SMILES string of the molecule is Cc1noc(CN2CCCC(c3nnc(CN4CCC(O)CC4)n3C)C2)n1. The van der Waals surface area contributed by atoms with Crippen molar-refractivity contribution in [3.63, 3.8) is 0 Å². The van der Waals surface area contributed by atoms with Crippen LogP contribution in [0.5, 0.6) is 0 Å². The molecule has 9 nitrogen and oxygen atoms in total. The Kier molecular flexibility index (Phi) is 5.51. The number of aliphatic hydroxyl groups is 1. The third-order valence-electron chi connectivity index (χ3n) is 5.72. The van der Waals surface area contributed by atoms with Gasteiger partial charge in [-0.1, -0.05) is 5.16 Å². The van der Waals surface area contributed by atoms with Gasteiger partial charge >= 0.3 is 0 Å². The molecule has 0 radical (unpaired) electrons. The summed E-state index contributed by atoms with van der Waals surface area (Å²) in [7, 11) is 2.07. The van der Waals surface area contributed by atoms with Crippen molar-refractivity contribution < 1.29 is 9.63 Å². The number of rotatable bonds is 5. The molecular weight excluding hydrogens is 346 g/mol. The van der Waals surface area contributed by atoms with E-state index in [-0.39, 0.29) is 6.10 Å². The first-order valence-corrected chi connectivity index (χ1v) is 9.88. The predicted octanol–water partition coefficient (Wildman–Crippen LogP) is 0.843. The standard InChI is InChI=1S/C18H29N7O2/c1-13-19-17(27-22-13)12-25-7-3-4-14(10-25)18-21-20-16(23(18)2)11-24-8-5-15(26)6-9-24/h14-15,26H,3-12H2,1-2H3. The van der Waals surface area contributed by atoms with Gasteiger partial charge in [-0.3, -0.25) is 9.80 Å². The molecule has 4 heterocycles. The molecule has 148 valence electrons. The summed E-state index contributed by atoms with van der Waals surface area (Å²) in [5.74, 6) is 3.80. The lowest BCUT2D eigenvalue weighted by Gasteiger charge is -2.31. The van der Waals surface area contributed by atoms with Crippen LogP contribution in [0.15, 0.2) is 4.52 Å². The molecule has 0 amide bonds. The molecule has 9 heteroatoms. The Bertz CT molecular complexity index is 751. The van der Waals surface area contributed by atoms with Gasteiger partial charge in [-0.25, -0.2) is 0 Å². The Labute approximate surface area is 159 Å². The summed E-state index contributed by atoms with van der Waals surface area (Å²) < 4.78 is 7.43. The van der Waals surface area contributed by atoms with Crippen LogP contribution in [0.1, 0.15) is 55.0 Å². The zero-order valence-electron chi connectivity index (χ0n) is 16.2. The number of likely N-dealkylation sites (tertiary alicyclic amines) is 2. The van der Waals surface area contributed by atoms with E-state index >= 15 is 0 Å². The zero-order valence-corrected chi connectivity index (χ0v) is 16.2. The van der Waals surface area contributed by atoms with Gasteiger partial charge in [0.25, 0.3) is 0 Å². The van der Waals surface area contributed by atoms with Gasteiger partial charge in [0.2, 0.25) is 5.89 Å². The van der Waals surface area contributed by atoms with Crippen LogP contribution in [0.2, 0.25) is 0 Å². The van der Waals surface area contributed by atoms with E-state index in [9.17, 15) is 5.11 Å². The van der Waals surface area contributed by atoms with Gasteiger partial charge in [-0.15, -0.1) is 10.2 Å². The zero-order chi connectivity index (χ0) is 18.8. The summed E-state index contributed by atoms with van der Waals surface area (Å²) in [4.78, 5) is 9.03. The Morgan fingerprint density at radius 2 is 1.89 bits per heavy atom. The largest absolute Gasteiger partial charge is 0.393 e. The molecule has 4 rings (SSSR count). The molecule has 2 fully saturated rings. The smallest absolute Gasteiger partial charge is 0.240 e. The molecular formula is C18H29N7O2. The van der Waals surface area contributed by atoms with Crippen molar-refractivity contribution in [1.29, 1.82) is 0 Å². The monoisotopic (exact) mass is 375 g/mol. The van der Waals surface area contributed by atoms with Crippen LogP contribution in [0, 0.1) is 6.92 Å². The number of piperidine rings is 2. The van der Waals surface area contributed by atoms with Gasteiger partial charge in [-0.2, -0.15) is 4.98 Å². The highest BCUT2D eigenvalue weighted by molar-refractivity contribution is 5.04. The van der Waals surface area contributed by atoms with E-state index in [1.54, 1.807) is 0 Å². The van der Waals surface area contributed by atoms with Gasteiger partial charge in [0.05, 0.1) is 19.2 Å². The van der Waals surface area contributed by atoms with Gasteiger partial charge in [0, 0.05) is 32.6 Å². The Hall–Kier alpha value is -1.84. The lowest BCUT2D eigenvalue weighted by molar-refractivity contribution is 0.0775. The molecule has 2 aliphatic rings. The minimum atomic E-state index is -0.146. The van der Waals surface area contributed by atoms with E-state index in [1.165, 1.54) is 0 Å². The molecule has 1 N–H and O–H groups in total. The number of hydrogen-bond acceptors (Lipinski definition) is 8. The topological polar surface area (TPSA) is 96.3 Å². The van der Waals surface area contributed by atoms with E-state index in [0.29, 0.717) is 24.2 Å². The highest BCUT2D eigenvalue weighted by atomic mass is 16.5. The molecule has 27 heavy (non-hydrogen) atoms. The van der Waals surface area contributed by atoms with Crippen LogP contribution in [0.25, 0.3) is 0 Å². The van der Waals surface area contributed by atoms with Gasteiger partial charge in [-0.05, 0) is 39.2 Å². The average Bonchev–Trinajstić information content (AvgIpc) is 3.23. The van der Waals surface area contributed by atoms with Crippen molar-refractivity contribution in [3.05, 3.63) is 23.4 Å². The number of nitrogens with zero attached hydrogens (tertiary/aromatic N) is 7. The molecule has 0 bridgehead atoms. The Morgan fingerprint density at radius 3 is 2.63 bits per heavy atom. The summed E-state index contributed by atoms with van der Waals surface area (Å²) in [6.07, 6.45) is 3.80. The third kappa shape index (κ3) is 4.36. The fraction of sp³-hybridized carbons (Fsp3) is 0.778. The minimum absolute atomic E-state index is 0.146. The van der Waals surface area contributed by atoms with Gasteiger partial charge in [0.1, 0.15) is 11.6 Å². The average molecular weight is 375 g/mol. The van der Waals surface area contributed by atoms with E-state index in [0.717, 1.165) is 70.1 Å². The summed E-state index contributed by atoms with van der Waals surface area (Å²) in [6.45, 7) is 7.15. The van der Waals surface area contributed by atoms with Crippen LogP contribution in [0.4, 0.5) is 0 Å². The highest BCUT2D eigenvalue weighted by Crippen LogP contribution is 2.27. The quantitative estimate of drug-likeness (QED) is 0.821. The van der Waals surface area contributed by atoms with Crippen molar-refractivity contribution in [2.75, 3.05) is 26.2 Å². The van der Waals surface area contributed by atoms with Crippen molar-refractivity contribution in [1.82, 2.24) is 34.7 Å². The molecule has 1 atom stereocenters. The van der Waals surface area contributed by atoms with E-state index < -0.39 is 0 Å². The van der Waals surface area contributed by atoms with Crippen molar-refractivity contribution in [3.8, 4) is 0 Å². The number of hydrogen-bond donors (Lipinski definition) is 1. The Morgan fingerprint density at radius 1 is 1.07 bits per heavy atom. The minimum Gasteiger partial charge on any atom is -0.393 e. The second-order valence-corrected chi connectivity index (χ2v) is 7.85. The number of aryl methyl sites for hydroxylation is 1. The number of aliphatic hydroxyl groups excluding tert-OH is 1. The molecule has 0 saturated carbocycles. The molecule has 0 aliphatic carbocycles. The lowest BCUT2D eigenvalue weighted by atomic mass is 9.97. The molecule has 0 spiro atoms. The van der Waals surface area contributed by atoms with Crippen LogP contribution in [-0.4, -0.2) is 72.1 Å². The van der Waals surface area contributed by atoms with Crippen molar-refractivity contribution >= 4 is 0 Å². The lowest BCUT2D eigenvalue weighted by Crippen LogP contribution is -2.36. The first-order chi connectivity index (χ1) is 13.1. The first kappa shape index (κ1) is 18.5. The van der Waals surface area contributed by atoms with Crippen LogP contribution >= 0.6 is 0 Å². The summed E-state index contributed by atoms with van der Waals surface area (Å²) in [5, 5.41) is 22.5. The summed E-state index contributed by atoms with van der Waals surface area (Å²) in [5.41, 5.74) is 0. The molecule has 2 aliphatic heterocycles. The Balaban J connectivity index is 1.38. The summed E-state index contributed by atoms with van der Waals surface area (Å²) >= 11 is 0. The molecule has 2 saturated heterocycles. The summed E-state index contributed by atoms with van der Waals surface area (Å²) in [6, 6.07) is 0. The van der Waals surface area contributed by atoms with E-state index in [4.69, 9.17) is 4.52 Å². The van der Waals surface area contributed by atoms with E-state index in [2.05, 4.69) is 41.8 Å². The predicted molar refractivity (Wildman–Crippen MR) is 97.8 cm³/mol. The van der Waals surface area contributed by atoms with Crippen molar-refractivity contribution in [2.45, 2.75) is 57.7 Å². The third-order valence-corrected chi connectivity index (χ3v) is 5.72. The first-order valence-electron chi connectivity index (χ1n) is 9.88. The molecule has 2 aromatic rings. The normalized spacial score (nSPS) is 23.1. The maximum Gasteiger partial charge on any atom is 0.240 e. The maximum atomic E-state index is 9.67. The molecule has 0 aromatic carbocycles. The fourth-order valence-electron chi connectivity index (χ4n) is 4.15. The van der Waals surface area contributed by atoms with E-state index in [1.807, 2.05) is 6.92 Å². The van der Waals surface area contributed by atoms with Crippen molar-refractivity contribution in [2.24, 2.45) is 7.05 Å². The maximum absolute atomic E-state index is 9.67. The number of aromatic nitrogens is 5. The van der Waals surface area contributed by atoms with Gasteiger partial charge in [0.15, 0.2) is 5.82 Å². The van der Waals surface area contributed by atoms with Crippen LogP contribution < -0.4 is 0 Å². The molecule has 2 aromatic heterocycles. The van der Waals surface area contributed by atoms with Crippen LogP contribution in [-0.2, 0) is 20.1 Å². The second-order valence-electron chi connectivity index (χ2n) is 7.85. The second kappa shape index (κ2) is 8.04.